The highest BCUT2D eigenvalue weighted by atomic mass is 19.4. The summed E-state index contributed by atoms with van der Waals surface area (Å²) < 4.78 is 37.5. The Morgan fingerprint density at radius 1 is 1.33 bits per heavy atom. The first-order valence-electron chi connectivity index (χ1n) is 4.39. The molecule has 1 aromatic rings. The van der Waals surface area contributed by atoms with E-state index < -0.39 is 11.7 Å². The van der Waals surface area contributed by atoms with Gasteiger partial charge in [0.25, 0.3) is 0 Å². The Bertz CT molecular complexity index is 366. The molecule has 0 amide bonds. The summed E-state index contributed by atoms with van der Waals surface area (Å²) in [7, 11) is 0. The Kier molecular flexibility index (Phi) is 3.52. The first-order chi connectivity index (χ1) is 6.95. The molecular formula is C11H11F3O. The summed E-state index contributed by atoms with van der Waals surface area (Å²) in [6.45, 7) is 1.33. The van der Waals surface area contributed by atoms with Crippen LogP contribution < -0.4 is 0 Å². The van der Waals surface area contributed by atoms with Crippen molar-refractivity contribution in [2.75, 3.05) is 6.61 Å². The molecule has 0 radical (unpaired) electrons. The van der Waals surface area contributed by atoms with Gasteiger partial charge >= 0.3 is 6.18 Å². The summed E-state index contributed by atoms with van der Waals surface area (Å²) in [4.78, 5) is 0. The molecule has 0 aliphatic rings. The van der Waals surface area contributed by atoms with E-state index in [0.717, 1.165) is 6.07 Å². The number of halogens is 3. The molecule has 0 bridgehead atoms. The molecule has 0 unspecified atom stereocenters. The second-order valence-corrected chi connectivity index (χ2v) is 3.23. The van der Waals surface area contributed by atoms with Gasteiger partial charge in [-0.2, -0.15) is 13.2 Å². The van der Waals surface area contributed by atoms with Crippen LogP contribution in [0.2, 0.25) is 0 Å². The molecule has 15 heavy (non-hydrogen) atoms. The van der Waals surface area contributed by atoms with E-state index in [2.05, 4.69) is 0 Å². The molecule has 0 aromatic heterocycles. The second-order valence-electron chi connectivity index (χ2n) is 3.23. The van der Waals surface area contributed by atoms with E-state index in [1.165, 1.54) is 24.3 Å². The molecule has 4 heteroatoms. The Balaban J connectivity index is 3.19. The van der Waals surface area contributed by atoms with Crippen molar-refractivity contribution < 1.29 is 18.3 Å². The maximum atomic E-state index is 12.5. The molecule has 0 spiro atoms. The number of benzene rings is 1. The van der Waals surface area contributed by atoms with Gasteiger partial charge in [-0.1, -0.05) is 24.3 Å². The van der Waals surface area contributed by atoms with Gasteiger partial charge in [0.2, 0.25) is 0 Å². The molecule has 1 nitrogen and oxygen atoms in total. The van der Waals surface area contributed by atoms with Crippen LogP contribution in [0.15, 0.2) is 29.8 Å². The number of hydrogen-bond acceptors (Lipinski definition) is 1. The molecular weight excluding hydrogens is 205 g/mol. The number of rotatable bonds is 2. The van der Waals surface area contributed by atoms with Crippen LogP contribution in [0.25, 0.3) is 6.08 Å². The molecule has 0 saturated carbocycles. The van der Waals surface area contributed by atoms with Gasteiger partial charge in [0.15, 0.2) is 0 Å². The number of hydrogen-bond donors (Lipinski definition) is 1. The molecule has 1 N–H and O–H groups in total. The summed E-state index contributed by atoms with van der Waals surface area (Å²) in [5, 5.41) is 8.74. The van der Waals surface area contributed by atoms with E-state index in [0.29, 0.717) is 5.57 Å². The van der Waals surface area contributed by atoms with Crippen molar-refractivity contribution in [3.63, 3.8) is 0 Å². The minimum atomic E-state index is -4.36. The third-order valence-corrected chi connectivity index (χ3v) is 1.92. The Morgan fingerprint density at radius 3 is 2.47 bits per heavy atom. The molecule has 0 aliphatic carbocycles. The monoisotopic (exact) mass is 216 g/mol. The fourth-order valence-electron chi connectivity index (χ4n) is 1.19. The van der Waals surface area contributed by atoms with Gasteiger partial charge in [-0.3, -0.25) is 0 Å². The van der Waals surface area contributed by atoms with E-state index in [-0.39, 0.29) is 12.2 Å². The smallest absolute Gasteiger partial charge is 0.392 e. The number of aliphatic hydroxyl groups is 1. The average molecular weight is 216 g/mol. The molecule has 0 aliphatic heterocycles. The van der Waals surface area contributed by atoms with Crippen LogP contribution in [0, 0.1) is 0 Å². The van der Waals surface area contributed by atoms with E-state index in [9.17, 15) is 13.2 Å². The first kappa shape index (κ1) is 11.8. The van der Waals surface area contributed by atoms with Crippen LogP contribution in [-0.4, -0.2) is 11.7 Å². The van der Waals surface area contributed by atoms with Gasteiger partial charge in [0.05, 0.1) is 12.2 Å². The second kappa shape index (κ2) is 4.49. The third-order valence-electron chi connectivity index (χ3n) is 1.92. The van der Waals surface area contributed by atoms with Crippen LogP contribution in [0.3, 0.4) is 0 Å². The SMILES string of the molecule is C/C(=C\c1ccccc1C(F)(F)F)CO. The average Bonchev–Trinajstić information content (AvgIpc) is 2.17. The molecule has 82 valence electrons. The molecule has 0 fully saturated rings. The highest BCUT2D eigenvalue weighted by molar-refractivity contribution is 5.57. The minimum Gasteiger partial charge on any atom is -0.392 e. The highest BCUT2D eigenvalue weighted by Gasteiger charge is 2.32. The van der Waals surface area contributed by atoms with Crippen molar-refractivity contribution in [3.8, 4) is 0 Å². The summed E-state index contributed by atoms with van der Waals surface area (Å²) in [6.07, 6.45) is -3.02. The predicted molar refractivity (Wildman–Crippen MR) is 52.2 cm³/mol. The van der Waals surface area contributed by atoms with Crippen molar-refractivity contribution in [2.24, 2.45) is 0 Å². The van der Waals surface area contributed by atoms with Crippen molar-refractivity contribution in [3.05, 3.63) is 41.0 Å². The number of aliphatic hydroxyl groups excluding tert-OH is 1. The minimum absolute atomic E-state index is 0.0801. The van der Waals surface area contributed by atoms with Crippen molar-refractivity contribution >= 4 is 6.08 Å². The van der Waals surface area contributed by atoms with Gasteiger partial charge in [-0.15, -0.1) is 0 Å². The van der Waals surface area contributed by atoms with Gasteiger partial charge in [-0.25, -0.2) is 0 Å². The fourth-order valence-corrected chi connectivity index (χ4v) is 1.19. The zero-order chi connectivity index (χ0) is 11.5. The highest BCUT2D eigenvalue weighted by Crippen LogP contribution is 2.32. The Morgan fingerprint density at radius 2 is 1.93 bits per heavy atom. The maximum absolute atomic E-state index is 12.5. The molecule has 0 heterocycles. The van der Waals surface area contributed by atoms with Crippen LogP contribution in [0.1, 0.15) is 18.1 Å². The van der Waals surface area contributed by atoms with Crippen molar-refractivity contribution in [1.29, 1.82) is 0 Å². The van der Waals surface area contributed by atoms with Crippen molar-refractivity contribution in [2.45, 2.75) is 13.1 Å². The van der Waals surface area contributed by atoms with E-state index in [4.69, 9.17) is 5.11 Å². The quantitative estimate of drug-likeness (QED) is 0.805. The molecule has 0 atom stereocenters. The van der Waals surface area contributed by atoms with Crippen LogP contribution >= 0.6 is 0 Å². The lowest BCUT2D eigenvalue weighted by molar-refractivity contribution is -0.137. The third kappa shape index (κ3) is 3.09. The summed E-state index contributed by atoms with van der Waals surface area (Å²) in [6, 6.07) is 5.28. The zero-order valence-electron chi connectivity index (χ0n) is 8.17. The van der Waals surface area contributed by atoms with E-state index in [1.807, 2.05) is 0 Å². The lowest BCUT2D eigenvalue weighted by Gasteiger charge is -2.10. The molecule has 0 saturated heterocycles. The van der Waals surface area contributed by atoms with Crippen LogP contribution in [-0.2, 0) is 6.18 Å². The summed E-state index contributed by atoms with van der Waals surface area (Å²) in [5.74, 6) is 0. The molecule has 1 aromatic carbocycles. The maximum Gasteiger partial charge on any atom is 0.416 e. The molecule has 1 rings (SSSR count). The van der Waals surface area contributed by atoms with E-state index >= 15 is 0 Å². The number of alkyl halides is 3. The van der Waals surface area contributed by atoms with Gasteiger partial charge in [0.1, 0.15) is 0 Å². The predicted octanol–water partition coefficient (Wildman–Crippen LogP) is 3.10. The van der Waals surface area contributed by atoms with Gasteiger partial charge in [0, 0.05) is 0 Å². The summed E-state index contributed by atoms with van der Waals surface area (Å²) >= 11 is 0. The Hall–Kier alpha value is -1.29. The van der Waals surface area contributed by atoms with E-state index in [1.54, 1.807) is 6.92 Å². The normalized spacial score (nSPS) is 13.0. The zero-order valence-corrected chi connectivity index (χ0v) is 8.17. The largest absolute Gasteiger partial charge is 0.416 e. The van der Waals surface area contributed by atoms with Crippen molar-refractivity contribution in [1.82, 2.24) is 0 Å². The Labute approximate surface area is 85.9 Å². The lowest BCUT2D eigenvalue weighted by Crippen LogP contribution is -2.07. The van der Waals surface area contributed by atoms with Gasteiger partial charge < -0.3 is 5.11 Å². The standard InChI is InChI=1S/C11H11F3O/c1-8(7-15)6-9-4-2-3-5-10(9)11(12,13)14/h2-6,15H,7H2,1H3/b8-6+. The first-order valence-corrected chi connectivity index (χ1v) is 4.39. The topological polar surface area (TPSA) is 20.2 Å². The van der Waals surface area contributed by atoms with Crippen LogP contribution in [0.4, 0.5) is 13.2 Å². The lowest BCUT2D eigenvalue weighted by atomic mass is 10.0. The van der Waals surface area contributed by atoms with Crippen LogP contribution in [0.5, 0.6) is 0 Å². The van der Waals surface area contributed by atoms with Gasteiger partial charge in [-0.05, 0) is 24.1 Å². The fraction of sp³-hybridized carbons (Fsp3) is 0.273. The summed E-state index contributed by atoms with van der Waals surface area (Å²) in [5.41, 5.74) is -0.110.